The smallest absolute Gasteiger partial charge is 0.337 e. The van der Waals surface area contributed by atoms with E-state index in [1.54, 1.807) is 45.2 Å². The first kappa shape index (κ1) is 35.8. The molecule has 3 fully saturated rings. The Balaban J connectivity index is 1.52. The van der Waals surface area contributed by atoms with Crippen molar-refractivity contribution in [3.05, 3.63) is 53.6 Å². The van der Waals surface area contributed by atoms with Gasteiger partial charge in [-0.25, -0.2) is 9.59 Å². The molecular formula is C37H48O10. The van der Waals surface area contributed by atoms with Gasteiger partial charge in [0, 0.05) is 24.3 Å². The topological polar surface area (TPSA) is 124 Å². The molecule has 6 atom stereocenters. The van der Waals surface area contributed by atoms with Gasteiger partial charge in [0.05, 0.1) is 19.8 Å². The maximum atomic E-state index is 12.8. The minimum Gasteiger partial charge on any atom is -0.493 e. The van der Waals surface area contributed by atoms with E-state index in [0.717, 1.165) is 24.8 Å². The second-order valence-electron chi connectivity index (χ2n) is 13.1. The fourth-order valence-electron chi connectivity index (χ4n) is 7.69. The lowest BCUT2D eigenvalue weighted by Crippen LogP contribution is -2.58. The first-order chi connectivity index (χ1) is 22.4. The van der Waals surface area contributed by atoms with Gasteiger partial charge < -0.3 is 28.4 Å². The number of fused-ring (bicyclic) bond motifs is 1. The zero-order valence-corrected chi connectivity index (χ0v) is 28.4. The maximum Gasteiger partial charge on any atom is 0.337 e. The molecule has 0 amide bonds. The van der Waals surface area contributed by atoms with Crippen molar-refractivity contribution in [2.75, 3.05) is 27.4 Å². The summed E-state index contributed by atoms with van der Waals surface area (Å²) in [7, 11) is 3.08. The Hall–Kier alpha value is -4.08. The van der Waals surface area contributed by atoms with Crippen LogP contribution in [0.4, 0.5) is 0 Å². The van der Waals surface area contributed by atoms with Crippen molar-refractivity contribution in [1.29, 1.82) is 0 Å². The number of methoxy groups -OCH3 is 2. The summed E-state index contributed by atoms with van der Waals surface area (Å²) in [6, 6.07) is 5.26. The lowest BCUT2D eigenvalue weighted by molar-refractivity contribution is -0.193. The highest BCUT2D eigenvalue weighted by Gasteiger charge is 2.59. The normalized spacial score (nSPS) is 29.6. The molecule has 10 heteroatoms. The van der Waals surface area contributed by atoms with E-state index in [4.69, 9.17) is 28.4 Å². The minimum absolute atomic E-state index is 0.00696. The van der Waals surface area contributed by atoms with Gasteiger partial charge in [-0.15, -0.1) is 0 Å². The van der Waals surface area contributed by atoms with Crippen LogP contribution in [0.3, 0.4) is 0 Å². The Morgan fingerprint density at radius 3 is 2.43 bits per heavy atom. The molecule has 2 aliphatic carbocycles. The largest absolute Gasteiger partial charge is 0.493 e. The summed E-state index contributed by atoms with van der Waals surface area (Å²) >= 11 is 0. The number of carbonyl (C=O) groups is 4. The fraction of sp³-hybridized carbons (Fsp3) is 0.568. The van der Waals surface area contributed by atoms with Crippen molar-refractivity contribution in [1.82, 2.24) is 0 Å². The Bertz CT molecular complexity index is 1430. The SMILES string of the molecule is C=C1CCC2[C@](C)(COC(=O)CC)[C@H](OC(=O)CC)CC[C@@]2(C)[C@@H]1C/C=C1\C(=O)OCC1OC(=O)/C=C/c1ccc(OC)c(OC)c1. The molecule has 0 N–H and O–H groups in total. The third-order valence-electron chi connectivity index (χ3n) is 10.3. The van der Waals surface area contributed by atoms with Gasteiger partial charge in [0.15, 0.2) is 17.6 Å². The maximum absolute atomic E-state index is 12.8. The van der Waals surface area contributed by atoms with Crippen molar-refractivity contribution >= 4 is 30.0 Å². The van der Waals surface area contributed by atoms with Gasteiger partial charge in [-0.2, -0.15) is 0 Å². The van der Waals surface area contributed by atoms with Gasteiger partial charge in [0.1, 0.15) is 19.3 Å². The van der Waals surface area contributed by atoms with Crippen LogP contribution in [0.15, 0.2) is 48.1 Å². The van der Waals surface area contributed by atoms with E-state index in [1.165, 1.54) is 13.2 Å². The van der Waals surface area contributed by atoms with Gasteiger partial charge in [-0.3, -0.25) is 9.59 Å². The van der Waals surface area contributed by atoms with E-state index >= 15 is 0 Å². The molecule has 4 rings (SSSR count). The predicted molar refractivity (Wildman–Crippen MR) is 174 cm³/mol. The Morgan fingerprint density at radius 1 is 1.02 bits per heavy atom. The molecule has 0 spiro atoms. The third-order valence-corrected chi connectivity index (χ3v) is 10.3. The molecule has 2 saturated carbocycles. The molecule has 1 heterocycles. The second-order valence-corrected chi connectivity index (χ2v) is 13.1. The monoisotopic (exact) mass is 652 g/mol. The lowest BCUT2D eigenvalue weighted by Gasteiger charge is -2.60. The van der Waals surface area contributed by atoms with E-state index in [2.05, 4.69) is 20.4 Å². The van der Waals surface area contributed by atoms with Crippen LogP contribution in [-0.2, 0) is 38.1 Å². The molecule has 3 aliphatic rings. The number of cyclic esters (lactones) is 1. The molecule has 256 valence electrons. The number of carbonyl (C=O) groups excluding carboxylic acids is 4. The molecule has 1 aromatic carbocycles. The van der Waals surface area contributed by atoms with Crippen molar-refractivity contribution in [2.45, 2.75) is 84.8 Å². The molecule has 0 aromatic heterocycles. The summed E-state index contributed by atoms with van der Waals surface area (Å²) in [4.78, 5) is 50.3. The van der Waals surface area contributed by atoms with Crippen molar-refractivity contribution in [2.24, 2.45) is 22.7 Å². The quantitative estimate of drug-likeness (QED) is 0.112. The van der Waals surface area contributed by atoms with E-state index in [1.807, 2.05) is 6.08 Å². The van der Waals surface area contributed by atoms with E-state index in [-0.39, 0.29) is 61.3 Å². The molecule has 1 aliphatic heterocycles. The van der Waals surface area contributed by atoms with Gasteiger partial charge in [-0.05, 0) is 73.1 Å². The van der Waals surface area contributed by atoms with Crippen molar-refractivity contribution in [3.8, 4) is 11.5 Å². The van der Waals surface area contributed by atoms with Crippen LogP contribution in [0.2, 0.25) is 0 Å². The molecule has 47 heavy (non-hydrogen) atoms. The number of allylic oxidation sites excluding steroid dienone is 2. The Labute approximate surface area is 277 Å². The van der Waals surface area contributed by atoms with E-state index in [0.29, 0.717) is 35.5 Å². The molecule has 10 nitrogen and oxygen atoms in total. The van der Waals surface area contributed by atoms with Crippen LogP contribution in [0.5, 0.6) is 11.5 Å². The predicted octanol–water partition coefficient (Wildman–Crippen LogP) is 6.17. The third kappa shape index (κ3) is 7.74. The van der Waals surface area contributed by atoms with Crippen LogP contribution < -0.4 is 9.47 Å². The molecule has 1 saturated heterocycles. The Morgan fingerprint density at radius 2 is 1.74 bits per heavy atom. The average Bonchev–Trinajstić information content (AvgIpc) is 3.41. The number of hydrogen-bond acceptors (Lipinski definition) is 10. The van der Waals surface area contributed by atoms with Gasteiger partial charge >= 0.3 is 23.9 Å². The summed E-state index contributed by atoms with van der Waals surface area (Å²) in [6.45, 7) is 12.3. The molecule has 2 unspecified atom stereocenters. The summed E-state index contributed by atoms with van der Waals surface area (Å²) in [5.41, 5.74) is 1.23. The van der Waals surface area contributed by atoms with Crippen LogP contribution in [0, 0.1) is 22.7 Å². The van der Waals surface area contributed by atoms with E-state index < -0.39 is 23.5 Å². The number of esters is 4. The molecule has 1 aromatic rings. The number of benzene rings is 1. The summed E-state index contributed by atoms with van der Waals surface area (Å²) in [5.74, 6) is -0.536. The van der Waals surface area contributed by atoms with Crippen LogP contribution in [-0.4, -0.2) is 63.5 Å². The zero-order valence-electron chi connectivity index (χ0n) is 28.4. The zero-order chi connectivity index (χ0) is 34.4. The summed E-state index contributed by atoms with van der Waals surface area (Å²) in [6.07, 6.45) is 7.48. The molecule has 0 bridgehead atoms. The first-order valence-electron chi connectivity index (χ1n) is 16.4. The lowest BCUT2D eigenvalue weighted by atomic mass is 9.46. The molecular weight excluding hydrogens is 604 g/mol. The number of rotatable bonds is 12. The minimum atomic E-state index is -0.839. The van der Waals surface area contributed by atoms with Gasteiger partial charge in [-0.1, -0.05) is 52.0 Å². The highest BCUT2D eigenvalue weighted by Crippen LogP contribution is 2.62. The summed E-state index contributed by atoms with van der Waals surface area (Å²) in [5, 5.41) is 0. The first-order valence-corrected chi connectivity index (χ1v) is 16.4. The molecule has 0 radical (unpaired) electrons. The Kier molecular flexibility index (Phi) is 11.6. The number of ether oxygens (including phenoxy) is 6. The second kappa shape index (κ2) is 15.2. The number of hydrogen-bond donors (Lipinski definition) is 0. The van der Waals surface area contributed by atoms with E-state index in [9.17, 15) is 19.2 Å². The van der Waals surface area contributed by atoms with Crippen LogP contribution >= 0.6 is 0 Å². The van der Waals surface area contributed by atoms with Gasteiger partial charge in [0.2, 0.25) is 0 Å². The highest BCUT2D eigenvalue weighted by atomic mass is 16.6. The average molecular weight is 653 g/mol. The fourth-order valence-corrected chi connectivity index (χ4v) is 7.69. The van der Waals surface area contributed by atoms with Crippen molar-refractivity contribution < 1.29 is 47.6 Å². The van der Waals surface area contributed by atoms with Crippen LogP contribution in [0.25, 0.3) is 6.08 Å². The van der Waals surface area contributed by atoms with Gasteiger partial charge in [0.25, 0.3) is 0 Å². The standard InChI is InChI=1S/C37H48O10/c1-8-32(38)45-22-37(5)30-16-10-23(3)26(36(30,4)19-18-31(37)47-33(39)9-2)14-13-25-29(21-44-35(25)41)46-34(40)17-12-24-11-15-27(42-6)28(20-24)43-7/h11-13,15,17,20,26,29-31H,3,8-10,14,16,18-19,21-22H2,1-2,4-7H3/b17-12+,25-13-/t26-,29?,30?,31-,36+,37+/m1/s1. The van der Waals surface area contributed by atoms with Crippen molar-refractivity contribution in [3.63, 3.8) is 0 Å². The highest BCUT2D eigenvalue weighted by molar-refractivity contribution is 5.93. The summed E-state index contributed by atoms with van der Waals surface area (Å²) < 4.78 is 33.2. The van der Waals surface area contributed by atoms with Crippen LogP contribution in [0.1, 0.15) is 78.2 Å².